The average molecular weight is 279 g/mol. The first-order valence-corrected chi connectivity index (χ1v) is 6.57. The first-order chi connectivity index (χ1) is 9.54. The minimum atomic E-state index is -0.498. The Kier molecular flexibility index (Phi) is 6.73. The van der Waals surface area contributed by atoms with E-state index in [9.17, 15) is 9.59 Å². The molecule has 0 aliphatic heterocycles. The number of benzene rings is 1. The lowest BCUT2D eigenvalue weighted by atomic mass is 10.0. The summed E-state index contributed by atoms with van der Waals surface area (Å²) in [4.78, 5) is 23.1. The van der Waals surface area contributed by atoms with Crippen LogP contribution in [0.4, 0.5) is 0 Å². The van der Waals surface area contributed by atoms with Crippen LogP contribution in [0.25, 0.3) is 0 Å². The summed E-state index contributed by atoms with van der Waals surface area (Å²) >= 11 is 0. The summed E-state index contributed by atoms with van der Waals surface area (Å²) in [7, 11) is 1.55. The molecule has 1 N–H and O–H groups in total. The third kappa shape index (κ3) is 5.40. The zero-order valence-electron chi connectivity index (χ0n) is 12.1. The number of carbonyl (C=O) groups excluding carboxylic acids is 2. The second-order valence-corrected chi connectivity index (χ2v) is 4.70. The fraction of sp³-hybridized carbons (Fsp3) is 0.467. The number of hydrogen-bond donors (Lipinski definition) is 1. The van der Waals surface area contributed by atoms with Gasteiger partial charge in [0.05, 0.1) is 12.2 Å². The Balaban J connectivity index is 2.40. The van der Waals surface area contributed by atoms with E-state index in [0.717, 1.165) is 5.56 Å². The van der Waals surface area contributed by atoms with Gasteiger partial charge < -0.3 is 14.8 Å². The second kappa shape index (κ2) is 8.32. The minimum absolute atomic E-state index is 0.283. The van der Waals surface area contributed by atoms with E-state index in [2.05, 4.69) is 19.2 Å². The van der Waals surface area contributed by atoms with E-state index in [1.165, 1.54) is 0 Å². The highest BCUT2D eigenvalue weighted by Crippen LogP contribution is 2.15. The van der Waals surface area contributed by atoms with Gasteiger partial charge in [-0.3, -0.25) is 4.79 Å². The molecule has 0 radical (unpaired) electrons. The Hall–Kier alpha value is -1.88. The third-order valence-electron chi connectivity index (χ3n) is 2.78. The van der Waals surface area contributed by atoms with Crippen LogP contribution in [-0.4, -0.2) is 38.7 Å². The molecule has 0 unspecified atom stereocenters. The SMILES string of the molecule is COCCNC(=O)COC(=O)c1ccc(C(C)C)cc1. The van der Waals surface area contributed by atoms with Crippen molar-refractivity contribution in [2.45, 2.75) is 19.8 Å². The van der Waals surface area contributed by atoms with E-state index in [1.807, 2.05) is 12.1 Å². The predicted molar refractivity (Wildman–Crippen MR) is 75.7 cm³/mol. The molecule has 1 rings (SSSR count). The van der Waals surface area contributed by atoms with Crippen LogP contribution < -0.4 is 5.32 Å². The first kappa shape index (κ1) is 16.2. The Morgan fingerprint density at radius 1 is 1.20 bits per heavy atom. The molecule has 0 fully saturated rings. The van der Waals surface area contributed by atoms with Crippen LogP contribution in [0.5, 0.6) is 0 Å². The first-order valence-electron chi connectivity index (χ1n) is 6.57. The van der Waals surface area contributed by atoms with Gasteiger partial charge in [0, 0.05) is 13.7 Å². The molecule has 0 bridgehead atoms. The van der Waals surface area contributed by atoms with Crippen LogP contribution in [-0.2, 0) is 14.3 Å². The summed E-state index contributed by atoms with van der Waals surface area (Å²) in [6.07, 6.45) is 0. The maximum atomic E-state index is 11.7. The number of rotatable bonds is 7. The van der Waals surface area contributed by atoms with Crippen LogP contribution in [0.3, 0.4) is 0 Å². The summed E-state index contributed by atoms with van der Waals surface area (Å²) in [5.41, 5.74) is 1.60. The molecule has 0 saturated carbocycles. The molecule has 1 aromatic rings. The van der Waals surface area contributed by atoms with Gasteiger partial charge in [-0.2, -0.15) is 0 Å². The average Bonchev–Trinajstić information content (AvgIpc) is 2.45. The Labute approximate surface area is 119 Å². The summed E-state index contributed by atoms with van der Waals surface area (Å²) in [6.45, 7) is 4.70. The quantitative estimate of drug-likeness (QED) is 0.610. The third-order valence-corrected chi connectivity index (χ3v) is 2.78. The Bertz CT molecular complexity index is 440. The van der Waals surface area contributed by atoms with Crippen LogP contribution in [0.1, 0.15) is 35.7 Å². The molecule has 110 valence electrons. The number of esters is 1. The van der Waals surface area contributed by atoms with Crippen molar-refractivity contribution in [1.29, 1.82) is 0 Å². The molecule has 0 aliphatic carbocycles. The molecule has 0 saturated heterocycles. The van der Waals surface area contributed by atoms with E-state index in [-0.39, 0.29) is 12.5 Å². The smallest absolute Gasteiger partial charge is 0.338 e. The van der Waals surface area contributed by atoms with E-state index in [4.69, 9.17) is 9.47 Å². The van der Waals surface area contributed by atoms with Crippen LogP contribution in [0.15, 0.2) is 24.3 Å². The summed E-state index contributed by atoms with van der Waals surface area (Å²) in [6, 6.07) is 7.20. The van der Waals surface area contributed by atoms with Crippen molar-refractivity contribution in [2.24, 2.45) is 0 Å². The summed E-state index contributed by atoms with van der Waals surface area (Å²) in [5.74, 6) is -0.428. The van der Waals surface area contributed by atoms with Crippen molar-refractivity contribution in [2.75, 3.05) is 26.9 Å². The molecule has 0 atom stereocenters. The van der Waals surface area contributed by atoms with E-state index in [1.54, 1.807) is 19.2 Å². The van der Waals surface area contributed by atoms with Gasteiger partial charge in [-0.1, -0.05) is 26.0 Å². The van der Waals surface area contributed by atoms with Crippen LogP contribution in [0, 0.1) is 0 Å². The monoisotopic (exact) mass is 279 g/mol. The Morgan fingerprint density at radius 3 is 2.40 bits per heavy atom. The fourth-order valence-electron chi connectivity index (χ4n) is 1.56. The molecule has 0 aromatic heterocycles. The van der Waals surface area contributed by atoms with Crippen LogP contribution in [0.2, 0.25) is 0 Å². The lowest BCUT2D eigenvalue weighted by molar-refractivity contribution is -0.124. The number of methoxy groups -OCH3 is 1. The van der Waals surface area contributed by atoms with E-state index < -0.39 is 5.97 Å². The van der Waals surface area contributed by atoms with Gasteiger partial charge in [-0.15, -0.1) is 0 Å². The predicted octanol–water partition coefficient (Wildman–Crippen LogP) is 1.73. The highest BCUT2D eigenvalue weighted by molar-refractivity contribution is 5.91. The van der Waals surface area contributed by atoms with Gasteiger partial charge in [0.15, 0.2) is 6.61 Å². The molecule has 0 heterocycles. The minimum Gasteiger partial charge on any atom is -0.452 e. The number of hydrogen-bond acceptors (Lipinski definition) is 4. The van der Waals surface area contributed by atoms with Gasteiger partial charge in [-0.05, 0) is 23.6 Å². The highest BCUT2D eigenvalue weighted by atomic mass is 16.5. The van der Waals surface area contributed by atoms with Crippen molar-refractivity contribution in [3.63, 3.8) is 0 Å². The van der Waals surface area contributed by atoms with E-state index in [0.29, 0.717) is 24.6 Å². The molecule has 0 spiro atoms. The van der Waals surface area contributed by atoms with Crippen molar-refractivity contribution in [3.05, 3.63) is 35.4 Å². The van der Waals surface area contributed by atoms with Gasteiger partial charge in [0.25, 0.3) is 5.91 Å². The van der Waals surface area contributed by atoms with Crippen LogP contribution >= 0.6 is 0 Å². The standard InChI is InChI=1S/C15H21NO4/c1-11(2)12-4-6-13(7-5-12)15(18)20-10-14(17)16-8-9-19-3/h4-7,11H,8-10H2,1-3H3,(H,16,17). The number of carbonyl (C=O) groups is 2. The van der Waals surface area contributed by atoms with Crippen molar-refractivity contribution < 1.29 is 19.1 Å². The normalized spacial score (nSPS) is 10.4. The maximum absolute atomic E-state index is 11.7. The fourth-order valence-corrected chi connectivity index (χ4v) is 1.56. The maximum Gasteiger partial charge on any atom is 0.338 e. The number of nitrogens with one attached hydrogen (secondary N) is 1. The largest absolute Gasteiger partial charge is 0.452 e. The Morgan fingerprint density at radius 2 is 1.85 bits per heavy atom. The zero-order chi connectivity index (χ0) is 15.0. The van der Waals surface area contributed by atoms with Crippen molar-refractivity contribution in [3.8, 4) is 0 Å². The molecular formula is C15H21NO4. The van der Waals surface area contributed by atoms with Gasteiger partial charge >= 0.3 is 5.97 Å². The molecule has 5 heteroatoms. The van der Waals surface area contributed by atoms with Gasteiger partial charge in [-0.25, -0.2) is 4.79 Å². The summed E-state index contributed by atoms with van der Waals surface area (Å²) in [5, 5.41) is 2.57. The lowest BCUT2D eigenvalue weighted by Crippen LogP contribution is -2.31. The zero-order valence-corrected chi connectivity index (χ0v) is 12.1. The van der Waals surface area contributed by atoms with Gasteiger partial charge in [0.2, 0.25) is 0 Å². The van der Waals surface area contributed by atoms with Crippen molar-refractivity contribution in [1.82, 2.24) is 5.32 Å². The molecule has 1 aromatic carbocycles. The highest BCUT2D eigenvalue weighted by Gasteiger charge is 2.10. The molecule has 20 heavy (non-hydrogen) atoms. The topological polar surface area (TPSA) is 64.6 Å². The number of amides is 1. The number of ether oxygens (including phenoxy) is 2. The van der Waals surface area contributed by atoms with Crippen molar-refractivity contribution >= 4 is 11.9 Å². The molecule has 5 nitrogen and oxygen atoms in total. The van der Waals surface area contributed by atoms with E-state index >= 15 is 0 Å². The molecule has 0 aliphatic rings. The van der Waals surface area contributed by atoms with Gasteiger partial charge in [0.1, 0.15) is 0 Å². The lowest BCUT2D eigenvalue weighted by Gasteiger charge is -2.08. The molecule has 1 amide bonds. The molecular weight excluding hydrogens is 258 g/mol. The summed E-state index contributed by atoms with van der Waals surface area (Å²) < 4.78 is 9.72. The second-order valence-electron chi connectivity index (χ2n) is 4.70.